The topological polar surface area (TPSA) is 97.8 Å². The van der Waals surface area contributed by atoms with Gasteiger partial charge in [-0.1, -0.05) is 49.0 Å². The van der Waals surface area contributed by atoms with Gasteiger partial charge in [0.2, 0.25) is 0 Å². The summed E-state index contributed by atoms with van der Waals surface area (Å²) in [6, 6.07) is 21.6. The fourth-order valence-electron chi connectivity index (χ4n) is 4.74. The second-order valence-electron chi connectivity index (χ2n) is 8.83. The molecule has 0 aliphatic carbocycles. The van der Waals surface area contributed by atoms with E-state index in [0.717, 1.165) is 33.3 Å². The summed E-state index contributed by atoms with van der Waals surface area (Å²) in [6.07, 6.45) is 0.695. The number of carboxylic acids is 1. The molecule has 0 saturated heterocycles. The van der Waals surface area contributed by atoms with Gasteiger partial charge in [0.05, 0.1) is 17.3 Å². The van der Waals surface area contributed by atoms with E-state index in [9.17, 15) is 14.7 Å². The molecule has 1 atom stereocenters. The van der Waals surface area contributed by atoms with E-state index < -0.39 is 12.0 Å². The molecule has 0 saturated carbocycles. The molecule has 3 N–H and O–H groups in total. The summed E-state index contributed by atoms with van der Waals surface area (Å²) in [7, 11) is 3.75. The number of para-hydroxylation sites is 1. The van der Waals surface area contributed by atoms with Gasteiger partial charge in [-0.05, 0) is 68.7 Å². The number of nitrogens with one attached hydrogen (secondary N) is 2. The molecule has 0 spiro atoms. The molecule has 1 aliphatic heterocycles. The van der Waals surface area contributed by atoms with Crippen molar-refractivity contribution in [3.05, 3.63) is 113 Å². The second kappa shape index (κ2) is 11.1. The summed E-state index contributed by atoms with van der Waals surface area (Å²) in [5.74, 6) is -1.15. The van der Waals surface area contributed by atoms with E-state index in [-0.39, 0.29) is 11.5 Å². The minimum absolute atomic E-state index is 0.145. The van der Waals surface area contributed by atoms with Crippen molar-refractivity contribution < 1.29 is 14.7 Å². The Kier molecular flexibility index (Phi) is 7.65. The standard InChI is InChI=1S/C28H23N3O3.C2H7N/c1-17(29-2)18-7-5-9-20(15-18)27(32)31-14-13-23-22-11-3-4-12-24(22)30-25(23)26(31)19-8-6-10-21(16-19)28(33)34;1-3-2/h3-12,15-16,26,30H,1-2,13-14H2,(H,33,34);3H,1-2H3. The molecule has 1 amide bonds. The molecule has 0 bridgehead atoms. The molecular formula is C30H30N4O3. The number of fused-ring (bicyclic) bond motifs is 3. The highest BCUT2D eigenvalue weighted by Gasteiger charge is 2.35. The quantitative estimate of drug-likeness (QED) is 0.334. The molecule has 2 heterocycles. The van der Waals surface area contributed by atoms with Crippen LogP contribution >= 0.6 is 0 Å². The average Bonchev–Trinajstić information content (AvgIpc) is 3.31. The molecule has 3 aromatic carbocycles. The first-order chi connectivity index (χ1) is 17.9. The number of carbonyl (C=O) groups excluding carboxylic acids is 1. The van der Waals surface area contributed by atoms with Gasteiger partial charge in [-0.3, -0.25) is 9.79 Å². The zero-order valence-corrected chi connectivity index (χ0v) is 21.0. The summed E-state index contributed by atoms with van der Waals surface area (Å²) in [5, 5.41) is 13.4. The number of nitrogens with zero attached hydrogens (tertiary/aromatic N) is 2. The number of carboxylic acid groups (broad SMARTS) is 1. The fraction of sp³-hybridized carbons (Fsp3) is 0.167. The average molecular weight is 495 g/mol. The van der Waals surface area contributed by atoms with Crippen molar-refractivity contribution in [1.82, 2.24) is 15.2 Å². The number of aromatic carboxylic acids is 1. The first kappa shape index (κ1) is 25.6. The largest absolute Gasteiger partial charge is 0.478 e. The Hall–Kier alpha value is -4.49. The van der Waals surface area contributed by atoms with Crippen LogP contribution in [0.2, 0.25) is 0 Å². The van der Waals surface area contributed by atoms with E-state index in [1.54, 1.807) is 36.4 Å². The molecule has 1 aromatic heterocycles. The van der Waals surface area contributed by atoms with Crippen LogP contribution in [0.4, 0.5) is 0 Å². The molecule has 0 fully saturated rings. The molecule has 1 aliphatic rings. The van der Waals surface area contributed by atoms with Gasteiger partial charge in [-0.25, -0.2) is 4.79 Å². The van der Waals surface area contributed by atoms with Crippen LogP contribution in [0.1, 0.15) is 49.1 Å². The lowest BCUT2D eigenvalue weighted by atomic mass is 9.91. The fourth-order valence-corrected chi connectivity index (χ4v) is 4.74. The van der Waals surface area contributed by atoms with Gasteiger partial charge in [0, 0.05) is 34.3 Å². The number of benzene rings is 3. The number of hydrogen-bond donors (Lipinski definition) is 3. The number of aromatic amines is 1. The van der Waals surface area contributed by atoms with Crippen molar-refractivity contribution in [2.45, 2.75) is 12.5 Å². The predicted octanol–water partition coefficient (Wildman–Crippen LogP) is 5.16. The number of H-pyrrole nitrogens is 1. The maximum Gasteiger partial charge on any atom is 0.335 e. The summed E-state index contributed by atoms with van der Waals surface area (Å²) >= 11 is 0. The summed E-state index contributed by atoms with van der Waals surface area (Å²) in [4.78, 5) is 34.7. The number of aromatic nitrogens is 1. The first-order valence-electron chi connectivity index (χ1n) is 12.0. The van der Waals surface area contributed by atoms with E-state index in [2.05, 4.69) is 34.7 Å². The van der Waals surface area contributed by atoms with E-state index in [0.29, 0.717) is 24.2 Å². The van der Waals surface area contributed by atoms with Crippen LogP contribution in [0.5, 0.6) is 0 Å². The molecule has 188 valence electrons. The van der Waals surface area contributed by atoms with Gasteiger partial charge in [-0.15, -0.1) is 0 Å². The van der Waals surface area contributed by atoms with Gasteiger partial charge in [-0.2, -0.15) is 0 Å². The Labute approximate surface area is 216 Å². The molecule has 0 radical (unpaired) electrons. The Morgan fingerprint density at radius 2 is 1.68 bits per heavy atom. The molecule has 7 nitrogen and oxygen atoms in total. The molecular weight excluding hydrogens is 464 g/mol. The van der Waals surface area contributed by atoms with Crippen LogP contribution in [0.3, 0.4) is 0 Å². The van der Waals surface area contributed by atoms with E-state index in [4.69, 9.17) is 0 Å². The van der Waals surface area contributed by atoms with Crippen LogP contribution in [-0.2, 0) is 6.42 Å². The Morgan fingerprint density at radius 3 is 2.41 bits per heavy atom. The molecule has 37 heavy (non-hydrogen) atoms. The minimum Gasteiger partial charge on any atom is -0.478 e. The summed E-state index contributed by atoms with van der Waals surface area (Å²) < 4.78 is 0. The third kappa shape index (κ3) is 5.08. The lowest BCUT2D eigenvalue weighted by molar-refractivity contribution is 0.0691. The lowest BCUT2D eigenvalue weighted by Gasteiger charge is -2.36. The number of hydrogen-bond acceptors (Lipinski definition) is 4. The van der Waals surface area contributed by atoms with Crippen molar-refractivity contribution in [1.29, 1.82) is 0 Å². The normalized spacial score (nSPS) is 14.3. The lowest BCUT2D eigenvalue weighted by Crippen LogP contribution is -2.40. The number of amides is 1. The Bertz CT molecular complexity index is 1490. The maximum atomic E-state index is 13.8. The van der Waals surface area contributed by atoms with E-state index >= 15 is 0 Å². The third-order valence-electron chi connectivity index (χ3n) is 6.38. The van der Waals surface area contributed by atoms with Crippen molar-refractivity contribution >= 4 is 35.2 Å². The number of rotatable bonds is 5. The molecule has 1 unspecified atom stereocenters. The highest BCUT2D eigenvalue weighted by Crippen LogP contribution is 2.39. The van der Waals surface area contributed by atoms with Crippen LogP contribution in [0.25, 0.3) is 16.6 Å². The van der Waals surface area contributed by atoms with Gasteiger partial charge < -0.3 is 20.3 Å². The first-order valence-corrected chi connectivity index (χ1v) is 12.0. The third-order valence-corrected chi connectivity index (χ3v) is 6.38. The van der Waals surface area contributed by atoms with E-state index in [1.807, 2.05) is 49.3 Å². The highest BCUT2D eigenvalue weighted by atomic mass is 16.4. The SMILES string of the molecule is C=NC(=C)c1cccc(C(=O)N2CCc3c([nH]c4ccccc34)C2c2cccc(C(=O)O)c2)c1.CNC. The highest BCUT2D eigenvalue weighted by molar-refractivity contribution is 5.96. The Balaban J connectivity index is 0.00000102. The van der Waals surface area contributed by atoms with Crippen molar-refractivity contribution in [3.63, 3.8) is 0 Å². The number of carbonyl (C=O) groups is 2. The summed E-state index contributed by atoms with van der Waals surface area (Å²) in [5.41, 5.74) is 5.74. The van der Waals surface area contributed by atoms with Crippen LogP contribution in [0.15, 0.2) is 84.4 Å². The maximum absolute atomic E-state index is 13.8. The zero-order chi connectivity index (χ0) is 26.5. The smallest absolute Gasteiger partial charge is 0.335 e. The van der Waals surface area contributed by atoms with Gasteiger partial charge in [0.1, 0.15) is 0 Å². The monoisotopic (exact) mass is 494 g/mol. The minimum atomic E-state index is -1.00. The Morgan fingerprint density at radius 1 is 1.00 bits per heavy atom. The predicted molar refractivity (Wildman–Crippen MR) is 148 cm³/mol. The van der Waals surface area contributed by atoms with Crippen molar-refractivity contribution in [3.8, 4) is 0 Å². The zero-order valence-electron chi connectivity index (χ0n) is 21.0. The van der Waals surface area contributed by atoms with E-state index in [1.165, 1.54) is 0 Å². The van der Waals surface area contributed by atoms with Crippen LogP contribution < -0.4 is 5.32 Å². The summed E-state index contributed by atoms with van der Waals surface area (Å²) in [6.45, 7) is 7.91. The molecule has 4 aromatic rings. The van der Waals surface area contributed by atoms with Crippen LogP contribution in [0, 0.1) is 0 Å². The second-order valence-corrected chi connectivity index (χ2v) is 8.83. The molecule has 7 heteroatoms. The molecule has 5 rings (SSSR count). The van der Waals surface area contributed by atoms with Gasteiger partial charge in [0.25, 0.3) is 5.91 Å². The van der Waals surface area contributed by atoms with Gasteiger partial charge >= 0.3 is 5.97 Å². The van der Waals surface area contributed by atoms with Crippen LogP contribution in [-0.4, -0.2) is 54.2 Å². The number of aliphatic imine (C=N–C) groups is 1. The van der Waals surface area contributed by atoms with Crippen molar-refractivity contribution in [2.75, 3.05) is 20.6 Å². The van der Waals surface area contributed by atoms with Crippen molar-refractivity contribution in [2.24, 2.45) is 4.99 Å². The van der Waals surface area contributed by atoms with Gasteiger partial charge in [0.15, 0.2) is 0 Å².